The molecule has 0 aliphatic carbocycles. The van der Waals surface area contributed by atoms with Gasteiger partial charge in [-0.2, -0.15) is 8.42 Å². The Morgan fingerprint density at radius 2 is 0.932 bits per heavy atom. The van der Waals surface area contributed by atoms with E-state index in [9.17, 15) is 33.1 Å². The average Bonchev–Trinajstić information content (AvgIpc) is 3.38. The van der Waals surface area contributed by atoms with Crippen LogP contribution in [-0.4, -0.2) is 97.5 Å². The monoisotopic (exact) mass is 1070 g/mol. The summed E-state index contributed by atoms with van der Waals surface area (Å²) in [6.45, 7) is 3.91. The Labute approximate surface area is 452 Å². The Morgan fingerprint density at radius 1 is 0.527 bits per heavy atom. The van der Waals surface area contributed by atoms with Gasteiger partial charge in [0.1, 0.15) is 30.5 Å². The summed E-state index contributed by atoms with van der Waals surface area (Å²) in [5.74, 6) is -0.399. The molecule has 4 N–H and O–H groups in total. The van der Waals surface area contributed by atoms with E-state index in [1.54, 1.807) is 0 Å². The van der Waals surface area contributed by atoms with Gasteiger partial charge in [0.25, 0.3) is 0 Å². The largest absolute Gasteiger partial charge is 0.457 e. The zero-order valence-corrected chi connectivity index (χ0v) is 47.7. The molecule has 432 valence electrons. The van der Waals surface area contributed by atoms with Crippen molar-refractivity contribution in [1.82, 2.24) is 0 Å². The molecule has 13 heteroatoms. The van der Waals surface area contributed by atoms with Crippen molar-refractivity contribution in [1.29, 1.82) is 0 Å². The molecule has 0 saturated carbocycles. The number of allylic oxidation sites excluding steroid dienone is 10. The summed E-state index contributed by atoms with van der Waals surface area (Å²) in [4.78, 5) is 13.0. The Hall–Kier alpha value is -2.20. The van der Waals surface area contributed by atoms with Crippen LogP contribution in [0.5, 0.6) is 0 Å². The van der Waals surface area contributed by atoms with Crippen molar-refractivity contribution >= 4 is 16.4 Å². The highest BCUT2D eigenvalue weighted by Crippen LogP contribution is 2.26. The van der Waals surface area contributed by atoms with Gasteiger partial charge in [0.2, 0.25) is 0 Å². The molecular formula is C61H110O12S. The Balaban J connectivity index is 2.28. The number of esters is 1. The topological polar surface area (TPSA) is 178 Å². The first kappa shape index (κ1) is 69.8. The van der Waals surface area contributed by atoms with Gasteiger partial charge in [-0.05, 0) is 77.0 Å². The van der Waals surface area contributed by atoms with E-state index in [1.807, 2.05) is 0 Å². The van der Waals surface area contributed by atoms with Crippen molar-refractivity contribution in [3.05, 3.63) is 60.8 Å². The fourth-order valence-corrected chi connectivity index (χ4v) is 9.64. The van der Waals surface area contributed by atoms with Gasteiger partial charge in [0.15, 0.2) is 6.29 Å². The predicted octanol–water partition coefficient (Wildman–Crippen LogP) is 15.2. The van der Waals surface area contributed by atoms with Crippen LogP contribution in [0, 0.1) is 0 Å². The van der Waals surface area contributed by atoms with E-state index in [1.165, 1.54) is 161 Å². The SMILES string of the molecule is CC/C=C\C/C=C\C/C=C\C/C=C\CCCCCCCCCCCCCOCC(COC1OC(CO)C(O)C(OS(=O)(=O)O)C1O)OC(=O)CCCCCCCCCCCCC/C=C\CCCCCCCCCC. The molecule has 1 aliphatic rings. The molecule has 0 amide bonds. The average molecular weight is 1070 g/mol. The summed E-state index contributed by atoms with van der Waals surface area (Å²) in [6.07, 6.45) is 58.3. The predicted molar refractivity (Wildman–Crippen MR) is 303 cm³/mol. The van der Waals surface area contributed by atoms with E-state index in [0.717, 1.165) is 70.6 Å². The molecule has 12 nitrogen and oxygen atoms in total. The van der Waals surface area contributed by atoms with E-state index in [-0.39, 0.29) is 19.6 Å². The van der Waals surface area contributed by atoms with Gasteiger partial charge in [0.05, 0.1) is 19.8 Å². The maximum atomic E-state index is 13.0. The minimum atomic E-state index is -5.07. The van der Waals surface area contributed by atoms with Gasteiger partial charge in [-0.1, -0.05) is 235 Å². The van der Waals surface area contributed by atoms with Crippen LogP contribution in [0.25, 0.3) is 0 Å². The second-order valence-electron chi connectivity index (χ2n) is 20.6. The molecule has 6 unspecified atom stereocenters. The van der Waals surface area contributed by atoms with Crippen molar-refractivity contribution in [2.75, 3.05) is 26.4 Å². The van der Waals surface area contributed by atoms with Crippen LogP contribution in [0.1, 0.15) is 258 Å². The summed E-state index contributed by atoms with van der Waals surface area (Å²) < 4.78 is 59.5. The van der Waals surface area contributed by atoms with Crippen LogP contribution in [0.2, 0.25) is 0 Å². The third-order valence-corrected chi connectivity index (χ3v) is 14.1. The Kier molecular flexibility index (Phi) is 48.6. The number of ether oxygens (including phenoxy) is 4. The first-order chi connectivity index (χ1) is 36.1. The lowest BCUT2D eigenvalue weighted by molar-refractivity contribution is -0.301. The molecule has 0 bridgehead atoms. The third kappa shape index (κ3) is 43.9. The van der Waals surface area contributed by atoms with Crippen molar-refractivity contribution < 1.29 is 56.2 Å². The molecule has 1 heterocycles. The normalized spacial score (nSPS) is 19.1. The number of unbranched alkanes of at least 4 members (excludes halogenated alkanes) is 30. The van der Waals surface area contributed by atoms with E-state index < -0.39 is 59.8 Å². The zero-order chi connectivity index (χ0) is 53.8. The lowest BCUT2D eigenvalue weighted by Gasteiger charge is -2.41. The summed E-state index contributed by atoms with van der Waals surface area (Å²) in [6, 6.07) is 0. The van der Waals surface area contributed by atoms with Gasteiger partial charge in [-0.3, -0.25) is 9.35 Å². The molecule has 0 spiro atoms. The minimum Gasteiger partial charge on any atom is -0.457 e. The molecule has 1 saturated heterocycles. The lowest BCUT2D eigenvalue weighted by Crippen LogP contribution is -2.60. The maximum absolute atomic E-state index is 13.0. The summed E-state index contributed by atoms with van der Waals surface area (Å²) in [7, 11) is -5.07. The van der Waals surface area contributed by atoms with E-state index in [0.29, 0.717) is 13.0 Å². The lowest BCUT2D eigenvalue weighted by atomic mass is 9.99. The number of hydrogen-bond acceptors (Lipinski definition) is 11. The number of hydrogen-bond donors (Lipinski definition) is 4. The molecule has 1 rings (SSSR count). The second kappa shape index (κ2) is 51.6. The maximum Gasteiger partial charge on any atom is 0.397 e. The van der Waals surface area contributed by atoms with Crippen LogP contribution >= 0.6 is 0 Å². The summed E-state index contributed by atoms with van der Waals surface area (Å²) in [5.41, 5.74) is 0. The standard InChI is InChI=1S/C61H110O12S/c1-3-5-7-9-11-13-15-17-19-21-23-25-27-29-31-33-35-37-39-41-43-45-47-49-51-69-53-55(54-70-61-59(65)60(73-74(66,67)68)58(64)56(52-62)72-61)71-57(63)50-48-46-44-42-40-38-36-34-32-30-28-26-24-22-20-18-16-14-12-10-8-6-4-2/h5,7,11,13,17,19,22-25,55-56,58-62,64-65H,3-4,6,8-10,12,14-16,18,20-21,26-54H2,1-2H3,(H,66,67,68)/b7-5-,13-11-,19-17-,24-22-,25-23-. The molecular weight excluding hydrogens is 957 g/mol. The smallest absolute Gasteiger partial charge is 0.397 e. The van der Waals surface area contributed by atoms with Gasteiger partial charge in [-0.25, -0.2) is 4.18 Å². The Bertz CT molecular complexity index is 1510. The van der Waals surface area contributed by atoms with Gasteiger partial charge in [-0.15, -0.1) is 0 Å². The molecule has 1 aliphatic heterocycles. The Morgan fingerprint density at radius 3 is 1.38 bits per heavy atom. The van der Waals surface area contributed by atoms with Crippen molar-refractivity contribution in [3.8, 4) is 0 Å². The molecule has 0 aromatic carbocycles. The molecule has 6 atom stereocenters. The summed E-state index contributed by atoms with van der Waals surface area (Å²) >= 11 is 0. The van der Waals surface area contributed by atoms with Crippen molar-refractivity contribution in [2.24, 2.45) is 0 Å². The van der Waals surface area contributed by atoms with Crippen LogP contribution in [0.4, 0.5) is 0 Å². The van der Waals surface area contributed by atoms with E-state index in [4.69, 9.17) is 18.9 Å². The van der Waals surface area contributed by atoms with E-state index >= 15 is 0 Å². The number of carbonyl (C=O) groups excluding carboxylic acids is 1. The van der Waals surface area contributed by atoms with Crippen molar-refractivity contribution in [3.63, 3.8) is 0 Å². The zero-order valence-electron chi connectivity index (χ0n) is 46.9. The molecule has 74 heavy (non-hydrogen) atoms. The van der Waals surface area contributed by atoms with Crippen LogP contribution in [0.15, 0.2) is 60.8 Å². The number of rotatable bonds is 53. The highest BCUT2D eigenvalue weighted by atomic mass is 32.3. The number of aliphatic hydroxyl groups excluding tert-OH is 3. The minimum absolute atomic E-state index is 0.0332. The molecule has 0 aromatic heterocycles. The van der Waals surface area contributed by atoms with Crippen LogP contribution in [0.3, 0.4) is 0 Å². The third-order valence-electron chi connectivity index (χ3n) is 13.6. The van der Waals surface area contributed by atoms with Gasteiger partial charge in [0, 0.05) is 13.0 Å². The quantitative estimate of drug-likeness (QED) is 0.0196. The highest BCUT2D eigenvalue weighted by molar-refractivity contribution is 7.80. The first-order valence-corrected chi connectivity index (χ1v) is 31.4. The van der Waals surface area contributed by atoms with Crippen LogP contribution in [-0.2, 0) is 38.3 Å². The molecule has 0 aromatic rings. The molecule has 0 radical (unpaired) electrons. The summed E-state index contributed by atoms with van der Waals surface area (Å²) in [5, 5.41) is 30.9. The number of carbonyl (C=O) groups is 1. The number of aliphatic hydroxyl groups is 3. The van der Waals surface area contributed by atoms with Crippen molar-refractivity contribution in [2.45, 2.75) is 295 Å². The van der Waals surface area contributed by atoms with Gasteiger partial charge >= 0.3 is 16.4 Å². The fourth-order valence-electron chi connectivity index (χ4n) is 9.13. The second-order valence-corrected chi connectivity index (χ2v) is 21.6. The first-order valence-electron chi connectivity index (χ1n) is 30.0. The van der Waals surface area contributed by atoms with Gasteiger partial charge < -0.3 is 34.3 Å². The fraction of sp³-hybridized carbons (Fsp3) is 0.820. The van der Waals surface area contributed by atoms with E-state index in [2.05, 4.69) is 78.8 Å². The molecule has 1 fully saturated rings. The highest BCUT2D eigenvalue weighted by Gasteiger charge is 2.48. The van der Waals surface area contributed by atoms with Crippen LogP contribution < -0.4 is 0 Å².